The minimum Gasteiger partial charge on any atom is -0.381 e. The zero-order valence-electron chi connectivity index (χ0n) is 19.6. The van der Waals surface area contributed by atoms with E-state index in [4.69, 9.17) is 4.74 Å². The predicted molar refractivity (Wildman–Crippen MR) is 125 cm³/mol. The van der Waals surface area contributed by atoms with E-state index in [1.165, 1.54) is 12.1 Å². The molecule has 4 rings (SSSR count). The highest BCUT2D eigenvalue weighted by Gasteiger charge is 2.36. The molecule has 0 aliphatic carbocycles. The van der Waals surface area contributed by atoms with Crippen molar-refractivity contribution in [3.05, 3.63) is 71.3 Å². The Bertz CT molecular complexity index is 1010. The summed E-state index contributed by atoms with van der Waals surface area (Å²) in [6.45, 7) is 1.89. The Labute approximate surface area is 203 Å². The van der Waals surface area contributed by atoms with Crippen molar-refractivity contribution in [2.24, 2.45) is 0 Å². The predicted octanol–water partition coefficient (Wildman–Crippen LogP) is 4.52. The fourth-order valence-corrected chi connectivity index (χ4v) is 4.89. The van der Waals surface area contributed by atoms with E-state index in [2.05, 4.69) is 5.32 Å². The molecule has 1 N–H and O–H groups in total. The number of likely N-dealkylation sites (tertiary alicyclic amines) is 2. The number of hydrogen-bond acceptors (Lipinski definition) is 3. The molecular formula is C26H30F3N3O3. The van der Waals surface area contributed by atoms with E-state index in [0.29, 0.717) is 43.7 Å². The van der Waals surface area contributed by atoms with Crippen LogP contribution in [0.15, 0.2) is 54.6 Å². The molecule has 2 fully saturated rings. The van der Waals surface area contributed by atoms with Crippen LogP contribution >= 0.6 is 0 Å². The molecule has 35 heavy (non-hydrogen) atoms. The largest absolute Gasteiger partial charge is 0.416 e. The molecule has 3 amide bonds. The maximum atomic E-state index is 13.4. The highest BCUT2D eigenvalue weighted by molar-refractivity contribution is 5.94. The van der Waals surface area contributed by atoms with Crippen LogP contribution in [0.1, 0.15) is 46.7 Å². The third kappa shape index (κ3) is 6.14. The minimum absolute atomic E-state index is 0.116. The number of rotatable bonds is 4. The van der Waals surface area contributed by atoms with Crippen LogP contribution in [0, 0.1) is 0 Å². The number of alkyl halides is 3. The highest BCUT2D eigenvalue weighted by atomic mass is 19.4. The van der Waals surface area contributed by atoms with Gasteiger partial charge in [-0.2, -0.15) is 13.2 Å². The quantitative estimate of drug-likeness (QED) is 0.687. The average Bonchev–Trinajstić information content (AvgIpc) is 2.88. The number of methoxy groups -OCH3 is 1. The first-order valence-electron chi connectivity index (χ1n) is 11.8. The van der Waals surface area contributed by atoms with Crippen LogP contribution in [-0.4, -0.2) is 67.2 Å². The second kappa shape index (κ2) is 10.7. The Morgan fingerprint density at radius 1 is 0.943 bits per heavy atom. The maximum Gasteiger partial charge on any atom is 0.416 e. The van der Waals surface area contributed by atoms with Crippen molar-refractivity contribution in [2.45, 2.75) is 43.5 Å². The number of carbonyl (C=O) groups is 2. The highest BCUT2D eigenvalue weighted by Crippen LogP contribution is 2.33. The normalized spacial score (nSPS) is 21.6. The zero-order chi connectivity index (χ0) is 25.0. The molecule has 9 heteroatoms. The lowest BCUT2D eigenvalue weighted by molar-refractivity contribution is -0.137. The number of amides is 3. The molecule has 6 nitrogen and oxygen atoms in total. The molecule has 0 bridgehead atoms. The number of nitrogens with one attached hydrogen (secondary N) is 1. The molecule has 2 atom stereocenters. The Morgan fingerprint density at radius 2 is 1.60 bits per heavy atom. The molecule has 2 unspecified atom stereocenters. The molecule has 2 saturated heterocycles. The number of urea groups is 1. The van der Waals surface area contributed by atoms with Crippen LogP contribution in [-0.2, 0) is 10.9 Å². The van der Waals surface area contributed by atoms with E-state index in [1.54, 1.807) is 41.2 Å². The van der Waals surface area contributed by atoms with Crippen molar-refractivity contribution in [1.82, 2.24) is 15.1 Å². The fourth-order valence-electron chi connectivity index (χ4n) is 4.89. The second-order valence-electron chi connectivity index (χ2n) is 9.20. The van der Waals surface area contributed by atoms with Crippen molar-refractivity contribution in [1.29, 1.82) is 0 Å². The minimum atomic E-state index is -4.41. The van der Waals surface area contributed by atoms with Gasteiger partial charge in [0.1, 0.15) is 0 Å². The van der Waals surface area contributed by atoms with Gasteiger partial charge >= 0.3 is 12.2 Å². The molecule has 0 aromatic heterocycles. The number of carbonyl (C=O) groups excluding carboxylic acids is 2. The topological polar surface area (TPSA) is 61.9 Å². The van der Waals surface area contributed by atoms with Gasteiger partial charge in [0.05, 0.1) is 11.7 Å². The number of piperidine rings is 2. The van der Waals surface area contributed by atoms with Gasteiger partial charge in [-0.05, 0) is 49.1 Å². The lowest BCUT2D eigenvalue weighted by Crippen LogP contribution is -2.56. The number of ether oxygens (including phenoxy) is 1. The van der Waals surface area contributed by atoms with Gasteiger partial charge in [0.2, 0.25) is 0 Å². The summed E-state index contributed by atoms with van der Waals surface area (Å²) in [7, 11) is 1.67. The lowest BCUT2D eigenvalue weighted by Gasteiger charge is -2.42. The van der Waals surface area contributed by atoms with Crippen molar-refractivity contribution >= 4 is 11.9 Å². The molecule has 2 aromatic carbocycles. The summed E-state index contributed by atoms with van der Waals surface area (Å²) in [5, 5.41) is 3.02. The van der Waals surface area contributed by atoms with Crippen molar-refractivity contribution in [2.75, 3.05) is 33.3 Å². The standard InChI is InChI=1S/C26H30F3N3O3/c1-35-23-11-13-31(14-12-23)25(34)32-16-20(18-7-9-21(10-8-18)26(27,28)29)15-22(17-32)30-24(33)19-5-3-2-4-6-19/h2-10,20,22-23H,11-17H2,1H3,(H,30,33). The van der Waals surface area contributed by atoms with Gasteiger partial charge < -0.3 is 19.9 Å². The zero-order valence-corrected chi connectivity index (χ0v) is 19.6. The van der Waals surface area contributed by atoms with Gasteiger partial charge in [-0.25, -0.2) is 4.79 Å². The Kier molecular flexibility index (Phi) is 7.64. The Balaban J connectivity index is 1.52. The van der Waals surface area contributed by atoms with Crippen molar-refractivity contribution in [3.8, 4) is 0 Å². The fraction of sp³-hybridized carbons (Fsp3) is 0.462. The van der Waals surface area contributed by atoms with Crippen LogP contribution in [0.4, 0.5) is 18.0 Å². The van der Waals surface area contributed by atoms with Gasteiger partial charge in [-0.3, -0.25) is 4.79 Å². The van der Waals surface area contributed by atoms with Crippen LogP contribution < -0.4 is 5.32 Å². The molecule has 2 aliphatic heterocycles. The molecule has 2 aliphatic rings. The lowest BCUT2D eigenvalue weighted by atomic mass is 9.87. The molecule has 0 radical (unpaired) electrons. The van der Waals surface area contributed by atoms with Crippen LogP contribution in [0.3, 0.4) is 0 Å². The van der Waals surface area contributed by atoms with Crippen molar-refractivity contribution < 1.29 is 27.5 Å². The Hall–Kier alpha value is -3.07. The Morgan fingerprint density at radius 3 is 2.20 bits per heavy atom. The summed E-state index contributed by atoms with van der Waals surface area (Å²) in [4.78, 5) is 29.7. The van der Waals surface area contributed by atoms with E-state index in [9.17, 15) is 22.8 Å². The average molecular weight is 490 g/mol. The summed E-state index contributed by atoms with van der Waals surface area (Å²) in [5.41, 5.74) is 0.524. The number of hydrogen-bond donors (Lipinski definition) is 1. The van der Waals surface area contributed by atoms with Gasteiger partial charge in [0.25, 0.3) is 5.91 Å². The molecule has 0 saturated carbocycles. The molecule has 0 spiro atoms. The maximum absolute atomic E-state index is 13.4. The van der Waals surface area contributed by atoms with Crippen LogP contribution in [0.25, 0.3) is 0 Å². The molecule has 2 aromatic rings. The number of halogens is 3. The van der Waals surface area contributed by atoms with Gasteiger partial charge in [0, 0.05) is 50.8 Å². The van der Waals surface area contributed by atoms with Crippen LogP contribution in [0.2, 0.25) is 0 Å². The first-order chi connectivity index (χ1) is 16.7. The summed E-state index contributed by atoms with van der Waals surface area (Å²) < 4.78 is 44.5. The smallest absolute Gasteiger partial charge is 0.381 e. The number of nitrogens with zero attached hydrogens (tertiary/aromatic N) is 2. The SMILES string of the molecule is COC1CCN(C(=O)N2CC(NC(=O)c3ccccc3)CC(c3ccc(C(F)(F)F)cc3)C2)CC1. The van der Waals surface area contributed by atoms with Crippen molar-refractivity contribution in [3.63, 3.8) is 0 Å². The monoisotopic (exact) mass is 489 g/mol. The van der Waals surface area contributed by atoms with Gasteiger partial charge in [-0.15, -0.1) is 0 Å². The summed E-state index contributed by atoms with van der Waals surface area (Å²) in [5.74, 6) is -0.440. The summed E-state index contributed by atoms with van der Waals surface area (Å²) >= 11 is 0. The van der Waals surface area contributed by atoms with Gasteiger partial charge in [0.15, 0.2) is 0 Å². The molecular weight excluding hydrogens is 459 g/mol. The summed E-state index contributed by atoms with van der Waals surface area (Å²) in [6.07, 6.45) is -2.23. The third-order valence-corrected chi connectivity index (χ3v) is 6.85. The van der Waals surface area contributed by atoms with Crippen LogP contribution in [0.5, 0.6) is 0 Å². The molecule has 2 heterocycles. The van der Waals surface area contributed by atoms with E-state index in [-0.39, 0.29) is 30.0 Å². The third-order valence-electron chi connectivity index (χ3n) is 6.85. The second-order valence-corrected chi connectivity index (χ2v) is 9.20. The number of benzene rings is 2. The van der Waals surface area contributed by atoms with Gasteiger partial charge in [-0.1, -0.05) is 30.3 Å². The first kappa shape index (κ1) is 25.0. The summed E-state index contributed by atoms with van der Waals surface area (Å²) in [6, 6.07) is 13.5. The van der Waals surface area contributed by atoms with E-state index in [0.717, 1.165) is 25.0 Å². The van der Waals surface area contributed by atoms with E-state index in [1.807, 2.05) is 6.07 Å². The first-order valence-corrected chi connectivity index (χ1v) is 11.8. The van der Waals surface area contributed by atoms with E-state index < -0.39 is 11.7 Å². The van der Waals surface area contributed by atoms with E-state index >= 15 is 0 Å². The molecule has 188 valence electrons.